The fourth-order valence-electron chi connectivity index (χ4n) is 3.22. The maximum atomic E-state index is 12.8. The molecule has 1 N–H and O–H groups in total. The molecular weight excluding hydrogens is 370 g/mol. The summed E-state index contributed by atoms with van der Waals surface area (Å²) in [5.74, 6) is 0.636. The first kappa shape index (κ1) is 17.4. The molecule has 1 aliphatic rings. The molecule has 0 unspecified atom stereocenters. The summed E-state index contributed by atoms with van der Waals surface area (Å²) in [5.41, 5.74) is 2.68. The van der Waals surface area contributed by atoms with E-state index in [4.69, 9.17) is 4.84 Å². The van der Waals surface area contributed by atoms with Gasteiger partial charge in [0, 0.05) is 17.0 Å². The number of nitrogens with zero attached hydrogens (tertiary/aromatic N) is 6. The molecule has 0 radical (unpaired) electrons. The van der Waals surface area contributed by atoms with E-state index in [-0.39, 0.29) is 18.4 Å². The van der Waals surface area contributed by atoms with Gasteiger partial charge in [0.1, 0.15) is 12.1 Å². The topological polar surface area (TPSA) is 102 Å². The number of aromatic nitrogens is 6. The van der Waals surface area contributed by atoms with Gasteiger partial charge in [0.15, 0.2) is 5.82 Å². The summed E-state index contributed by atoms with van der Waals surface area (Å²) in [7, 11) is 0. The van der Waals surface area contributed by atoms with E-state index in [1.54, 1.807) is 11.1 Å². The summed E-state index contributed by atoms with van der Waals surface area (Å²) in [5, 5.41) is 19.2. The smallest absolute Gasteiger partial charge is 0.230 e. The lowest BCUT2D eigenvalue weighted by Gasteiger charge is -2.21. The van der Waals surface area contributed by atoms with E-state index < -0.39 is 0 Å². The number of rotatable bonds is 7. The normalized spacial score (nSPS) is 13.5. The summed E-state index contributed by atoms with van der Waals surface area (Å²) >= 11 is 0. The van der Waals surface area contributed by atoms with E-state index >= 15 is 0 Å². The Hall–Kier alpha value is -3.75. The lowest BCUT2D eigenvalue weighted by molar-refractivity contribution is -0.119. The number of nitrogens with one attached hydrogen (secondary N) is 1. The van der Waals surface area contributed by atoms with Gasteiger partial charge in [-0.25, -0.2) is 0 Å². The second-order valence-corrected chi connectivity index (χ2v) is 7.05. The second-order valence-electron chi connectivity index (χ2n) is 7.05. The van der Waals surface area contributed by atoms with E-state index in [1.165, 1.54) is 4.85 Å². The van der Waals surface area contributed by atoms with Gasteiger partial charge in [-0.3, -0.25) is 4.79 Å². The van der Waals surface area contributed by atoms with Gasteiger partial charge in [-0.15, -0.1) is 15.3 Å². The van der Waals surface area contributed by atoms with E-state index in [9.17, 15) is 4.79 Å². The molecule has 2 aromatic carbocycles. The van der Waals surface area contributed by atoms with Crippen molar-refractivity contribution >= 4 is 22.5 Å². The molecule has 2 heterocycles. The van der Waals surface area contributed by atoms with Crippen LogP contribution in [0.3, 0.4) is 0 Å². The zero-order valence-electron chi connectivity index (χ0n) is 15.6. The number of aromatic amines is 1. The van der Waals surface area contributed by atoms with Crippen LogP contribution in [0.15, 0.2) is 54.7 Å². The Bertz CT molecular complexity index is 1120. The van der Waals surface area contributed by atoms with Crippen molar-refractivity contribution in [2.45, 2.75) is 26.0 Å². The number of anilines is 1. The van der Waals surface area contributed by atoms with E-state index in [0.29, 0.717) is 12.4 Å². The van der Waals surface area contributed by atoms with Crippen molar-refractivity contribution in [2.24, 2.45) is 5.92 Å². The Morgan fingerprint density at radius 1 is 1.21 bits per heavy atom. The number of amides is 1. The van der Waals surface area contributed by atoms with Crippen LogP contribution < -0.4 is 9.74 Å². The quantitative estimate of drug-likeness (QED) is 0.519. The van der Waals surface area contributed by atoms with Gasteiger partial charge in [-0.1, -0.05) is 40.4 Å². The predicted octanol–water partition coefficient (Wildman–Crippen LogP) is 2.12. The molecule has 9 nitrogen and oxygen atoms in total. The van der Waals surface area contributed by atoms with Gasteiger partial charge in [-0.2, -0.15) is 5.21 Å². The van der Waals surface area contributed by atoms with Crippen molar-refractivity contribution in [2.75, 3.05) is 4.90 Å². The van der Waals surface area contributed by atoms with Crippen LogP contribution in [0, 0.1) is 5.92 Å². The molecule has 1 amide bonds. The first-order chi connectivity index (χ1) is 14.3. The van der Waals surface area contributed by atoms with Crippen molar-refractivity contribution in [1.29, 1.82) is 0 Å². The first-order valence-corrected chi connectivity index (χ1v) is 9.46. The van der Waals surface area contributed by atoms with Crippen molar-refractivity contribution < 1.29 is 9.63 Å². The summed E-state index contributed by atoms with van der Waals surface area (Å²) in [4.78, 5) is 21.9. The highest BCUT2D eigenvalue weighted by atomic mass is 16.7. The Morgan fingerprint density at radius 3 is 2.83 bits per heavy atom. The highest BCUT2D eigenvalue weighted by molar-refractivity contribution is 5.98. The summed E-state index contributed by atoms with van der Waals surface area (Å²) in [6.45, 7) is 0.694. The van der Waals surface area contributed by atoms with Crippen molar-refractivity contribution in [1.82, 2.24) is 30.6 Å². The highest BCUT2D eigenvalue weighted by Gasteiger charge is 2.34. The minimum atomic E-state index is 0.0783. The Kier molecular flexibility index (Phi) is 4.39. The number of carbonyl (C=O) groups is 1. The molecule has 9 heteroatoms. The van der Waals surface area contributed by atoms with Crippen molar-refractivity contribution in [3.8, 4) is 0 Å². The highest BCUT2D eigenvalue weighted by Crippen LogP contribution is 2.34. The van der Waals surface area contributed by atoms with Crippen molar-refractivity contribution in [3.05, 3.63) is 66.1 Å². The first-order valence-electron chi connectivity index (χ1n) is 9.46. The van der Waals surface area contributed by atoms with Crippen LogP contribution in [0.5, 0.6) is 0 Å². The minimum Gasteiger partial charge on any atom is -0.391 e. The average molecular weight is 389 g/mol. The van der Waals surface area contributed by atoms with Crippen LogP contribution >= 0.6 is 0 Å². The van der Waals surface area contributed by atoms with E-state index in [0.717, 1.165) is 35.0 Å². The van der Waals surface area contributed by atoms with E-state index in [1.807, 2.05) is 48.5 Å². The third-order valence-electron chi connectivity index (χ3n) is 4.91. The molecule has 29 heavy (non-hydrogen) atoms. The molecule has 0 bridgehead atoms. The largest absolute Gasteiger partial charge is 0.391 e. The fraction of sp³-hybridized carbons (Fsp3) is 0.250. The molecule has 2 aromatic heterocycles. The maximum absolute atomic E-state index is 12.8. The third-order valence-corrected chi connectivity index (χ3v) is 4.91. The monoisotopic (exact) mass is 389 g/mol. The Morgan fingerprint density at radius 2 is 2.07 bits per heavy atom. The van der Waals surface area contributed by atoms with Gasteiger partial charge in [0.05, 0.1) is 12.7 Å². The maximum Gasteiger partial charge on any atom is 0.230 e. The van der Waals surface area contributed by atoms with Gasteiger partial charge < -0.3 is 9.74 Å². The molecule has 146 valence electrons. The van der Waals surface area contributed by atoms with Crippen LogP contribution in [0.25, 0.3) is 10.9 Å². The number of hydrogen-bond acceptors (Lipinski definition) is 6. The molecule has 0 spiro atoms. The van der Waals surface area contributed by atoms with Crippen molar-refractivity contribution in [3.63, 3.8) is 0 Å². The molecular formula is C20H19N7O2. The van der Waals surface area contributed by atoms with E-state index in [2.05, 4.69) is 25.7 Å². The molecule has 5 rings (SSSR count). The van der Waals surface area contributed by atoms with Gasteiger partial charge in [0.25, 0.3) is 0 Å². The molecule has 1 fully saturated rings. The Balaban J connectivity index is 1.40. The molecule has 1 saturated carbocycles. The van der Waals surface area contributed by atoms with Crippen LogP contribution in [-0.2, 0) is 17.9 Å². The summed E-state index contributed by atoms with van der Waals surface area (Å²) in [6, 6.07) is 15.7. The molecule has 0 saturated heterocycles. The number of benzene rings is 2. The number of tetrazole rings is 1. The molecule has 1 aliphatic carbocycles. The minimum absolute atomic E-state index is 0.0783. The number of carbonyl (C=O) groups excluding carboxylic acids is 1. The van der Waals surface area contributed by atoms with Crippen LogP contribution in [0.4, 0.5) is 5.69 Å². The fourth-order valence-corrected chi connectivity index (χ4v) is 3.22. The average Bonchev–Trinajstić information content (AvgIpc) is 3.33. The SMILES string of the molecule is O=C(C1CC1)N(Cc1nn[nH]n1)c1ccc2c(cnn2OCc2ccccc2)c1. The number of fused-ring (bicyclic) bond motifs is 1. The molecule has 0 aliphatic heterocycles. The van der Waals surface area contributed by atoms with Crippen LogP contribution in [0.2, 0.25) is 0 Å². The zero-order chi connectivity index (χ0) is 19.6. The summed E-state index contributed by atoms with van der Waals surface area (Å²) in [6.07, 6.45) is 3.59. The third kappa shape index (κ3) is 3.66. The standard InChI is InChI=1S/C20H19N7O2/c28-20(15-6-7-15)26(12-19-22-24-25-23-19)17-8-9-18-16(10-17)11-21-27(18)29-13-14-4-2-1-3-5-14/h1-5,8-11,15H,6-7,12-13H2,(H,22,23,24,25). The predicted molar refractivity (Wildman–Crippen MR) is 105 cm³/mol. The van der Waals surface area contributed by atoms with Gasteiger partial charge in [0.2, 0.25) is 5.91 Å². The number of H-pyrrole nitrogens is 1. The lowest BCUT2D eigenvalue weighted by Crippen LogP contribution is -2.32. The number of hydrogen-bond donors (Lipinski definition) is 1. The zero-order valence-corrected chi connectivity index (χ0v) is 15.6. The molecule has 0 atom stereocenters. The van der Waals surface area contributed by atoms with Crippen LogP contribution in [0.1, 0.15) is 24.2 Å². The summed E-state index contributed by atoms with van der Waals surface area (Å²) < 4.78 is 0. The Labute approximate surface area is 166 Å². The van der Waals surface area contributed by atoms with Gasteiger partial charge >= 0.3 is 0 Å². The molecule has 4 aromatic rings. The second kappa shape index (κ2) is 7.34. The lowest BCUT2D eigenvalue weighted by atomic mass is 10.2. The van der Waals surface area contributed by atoms with Crippen LogP contribution in [-0.4, -0.2) is 36.5 Å². The van der Waals surface area contributed by atoms with Gasteiger partial charge in [-0.05, 0) is 36.6 Å².